The van der Waals surface area contributed by atoms with Gasteiger partial charge in [0.15, 0.2) is 21.2 Å². The Balaban J connectivity index is 1.22. The van der Waals surface area contributed by atoms with E-state index in [2.05, 4.69) is 76.6 Å². The Labute approximate surface area is 485 Å². The first-order valence-corrected chi connectivity index (χ1v) is 36.2. The molecule has 0 radical (unpaired) electrons. The molecule has 0 N–H and O–H groups in total. The zero-order valence-corrected chi connectivity index (χ0v) is 53.1. The maximum Gasteiger partial charge on any atom is 0.170 e. The Hall–Kier alpha value is -2.34. The molecule has 0 bridgehead atoms. The van der Waals surface area contributed by atoms with Gasteiger partial charge in [0.25, 0.3) is 0 Å². The predicted octanol–water partition coefficient (Wildman–Crippen LogP) is 25.0. The quantitative estimate of drug-likeness (QED) is 0.0357. The van der Waals surface area contributed by atoms with E-state index in [1.54, 1.807) is 22.7 Å². The number of benzene rings is 1. The number of rotatable bonds is 43. The largest absolute Gasteiger partial charge is 0.489 e. The number of ether oxygens (including phenoxy) is 2. The minimum absolute atomic E-state index is 0.553. The topological polar surface area (TPSA) is 44.2 Å². The van der Waals surface area contributed by atoms with Gasteiger partial charge in [0.1, 0.15) is 10.0 Å². The summed E-state index contributed by atoms with van der Waals surface area (Å²) in [6.07, 6.45) is 44.0. The predicted molar refractivity (Wildman–Crippen MR) is 345 cm³/mol. The highest BCUT2D eigenvalue weighted by Crippen LogP contribution is 2.53. The molecular formula is C66H98N2O2S6. The Morgan fingerprint density at radius 1 is 0.421 bits per heavy atom. The van der Waals surface area contributed by atoms with E-state index in [9.17, 15) is 0 Å². The highest BCUT2D eigenvalue weighted by molar-refractivity contribution is 7.33. The van der Waals surface area contributed by atoms with Crippen LogP contribution in [0.15, 0.2) is 35.0 Å². The van der Waals surface area contributed by atoms with Crippen LogP contribution in [0.3, 0.4) is 0 Å². The second-order valence-electron chi connectivity index (χ2n) is 22.4. The molecule has 0 fully saturated rings. The van der Waals surface area contributed by atoms with Crippen molar-refractivity contribution in [2.45, 2.75) is 260 Å². The molecule has 0 aliphatic carbocycles. The number of thiazole rings is 2. The van der Waals surface area contributed by atoms with Crippen molar-refractivity contribution >= 4 is 97.9 Å². The molecule has 0 saturated heterocycles. The summed E-state index contributed by atoms with van der Waals surface area (Å²) in [5.41, 5.74) is 2.92. The molecule has 7 aromatic rings. The van der Waals surface area contributed by atoms with E-state index >= 15 is 0 Å². The first-order valence-electron chi connectivity index (χ1n) is 31.2. The molecule has 6 heterocycles. The van der Waals surface area contributed by atoms with Gasteiger partial charge >= 0.3 is 0 Å². The minimum Gasteiger partial charge on any atom is -0.489 e. The van der Waals surface area contributed by atoms with Gasteiger partial charge < -0.3 is 9.47 Å². The zero-order chi connectivity index (χ0) is 53.2. The van der Waals surface area contributed by atoms with E-state index in [4.69, 9.17) is 19.4 Å². The fourth-order valence-corrected chi connectivity index (χ4v) is 17.8. The molecule has 4 nitrogen and oxygen atoms in total. The third kappa shape index (κ3) is 18.6. The summed E-state index contributed by atoms with van der Waals surface area (Å²) >= 11 is 11.2. The molecule has 0 aliphatic heterocycles. The second kappa shape index (κ2) is 34.7. The van der Waals surface area contributed by atoms with E-state index in [0.717, 1.165) is 50.8 Å². The molecular weight excluding hydrogens is 1050 g/mol. The molecule has 420 valence electrons. The van der Waals surface area contributed by atoms with Crippen molar-refractivity contribution < 1.29 is 9.47 Å². The average molecular weight is 1140 g/mol. The summed E-state index contributed by atoms with van der Waals surface area (Å²) in [6.45, 7) is 15.5. The summed E-state index contributed by atoms with van der Waals surface area (Å²) in [5, 5.41) is 9.37. The van der Waals surface area contributed by atoms with E-state index in [-0.39, 0.29) is 0 Å². The van der Waals surface area contributed by atoms with Gasteiger partial charge in [-0.1, -0.05) is 231 Å². The van der Waals surface area contributed by atoms with Crippen LogP contribution >= 0.6 is 68.0 Å². The summed E-state index contributed by atoms with van der Waals surface area (Å²) in [6, 6.07) is 9.73. The standard InChI is InChI=1S/C66H98N2O2S6/c1-7-13-19-25-27-32-37-49(35-29-21-15-9-3)46-69-58-53-41-42-71-61(53)62-54(59(58)70-47-50(36-30-22-16-10-4)38-33-28-26-20-14-8-2)45-55(73-62)60-52(40-34-24-18-12-6)44-57(74-60)64-68-66-65(76-64)67-63(75-66)56-43-51(48-72-56)39-31-23-17-11-5/h41-45,48-50H,7-40,46-47H2,1-6H3. The summed E-state index contributed by atoms with van der Waals surface area (Å²) in [4.78, 5) is 18.0. The maximum absolute atomic E-state index is 7.44. The zero-order valence-electron chi connectivity index (χ0n) is 48.2. The lowest BCUT2D eigenvalue weighted by Gasteiger charge is -2.23. The average Bonchev–Trinajstić information content (AvgIpc) is 4.31. The van der Waals surface area contributed by atoms with Crippen molar-refractivity contribution in [3.63, 3.8) is 0 Å². The number of nitrogens with zero attached hydrogens (tertiary/aromatic N) is 2. The third-order valence-corrected chi connectivity index (χ3v) is 22.7. The first kappa shape index (κ1) is 61.3. The van der Waals surface area contributed by atoms with Crippen molar-refractivity contribution in [3.8, 4) is 41.0 Å². The summed E-state index contributed by atoms with van der Waals surface area (Å²) in [7, 11) is 0. The minimum atomic E-state index is 0.553. The third-order valence-electron chi connectivity index (χ3n) is 15.8. The van der Waals surface area contributed by atoms with Crippen LogP contribution in [0.5, 0.6) is 11.5 Å². The number of aromatic nitrogens is 2. The van der Waals surface area contributed by atoms with Crippen LogP contribution in [0.1, 0.15) is 258 Å². The maximum atomic E-state index is 7.44. The highest BCUT2D eigenvalue weighted by Gasteiger charge is 2.26. The van der Waals surface area contributed by atoms with Gasteiger partial charge in [0, 0.05) is 20.5 Å². The monoisotopic (exact) mass is 1140 g/mol. The van der Waals surface area contributed by atoms with Gasteiger partial charge in [-0.15, -0.1) is 45.3 Å². The van der Waals surface area contributed by atoms with E-state index in [1.165, 1.54) is 263 Å². The lowest BCUT2D eigenvalue weighted by molar-refractivity contribution is 0.196. The van der Waals surface area contributed by atoms with Gasteiger partial charge in [-0.05, 0) is 109 Å². The summed E-state index contributed by atoms with van der Waals surface area (Å²) < 4.78 is 17.5. The van der Waals surface area contributed by atoms with Crippen LogP contribution in [0.2, 0.25) is 0 Å². The van der Waals surface area contributed by atoms with Crippen LogP contribution < -0.4 is 9.47 Å². The van der Waals surface area contributed by atoms with Crippen molar-refractivity contribution in [3.05, 3.63) is 46.2 Å². The van der Waals surface area contributed by atoms with Crippen LogP contribution in [0.4, 0.5) is 0 Å². The number of thiophene rings is 4. The van der Waals surface area contributed by atoms with Crippen LogP contribution in [0.25, 0.3) is 59.4 Å². The fraction of sp³-hybridized carbons (Fsp3) is 0.667. The molecule has 2 unspecified atom stereocenters. The molecule has 1 aromatic carbocycles. The molecule has 10 heteroatoms. The molecule has 0 amide bonds. The van der Waals surface area contributed by atoms with Crippen LogP contribution in [-0.4, -0.2) is 23.2 Å². The van der Waals surface area contributed by atoms with Crippen molar-refractivity contribution in [2.75, 3.05) is 13.2 Å². The molecule has 0 aliphatic rings. The smallest absolute Gasteiger partial charge is 0.170 e. The normalized spacial score (nSPS) is 12.8. The van der Waals surface area contributed by atoms with E-state index in [0.29, 0.717) is 11.8 Å². The molecule has 7 rings (SSSR count). The van der Waals surface area contributed by atoms with Gasteiger partial charge in [-0.2, -0.15) is 0 Å². The van der Waals surface area contributed by atoms with Crippen LogP contribution in [-0.2, 0) is 12.8 Å². The Kier molecular flexibility index (Phi) is 28.0. The van der Waals surface area contributed by atoms with Crippen molar-refractivity contribution in [1.82, 2.24) is 9.97 Å². The second-order valence-corrected chi connectivity index (χ2v) is 28.3. The molecule has 0 saturated carbocycles. The molecule has 0 spiro atoms. The Morgan fingerprint density at radius 3 is 1.45 bits per heavy atom. The Bertz CT molecular complexity index is 2630. The van der Waals surface area contributed by atoms with Gasteiger partial charge in [-0.25, -0.2) is 9.97 Å². The number of hydrogen-bond donors (Lipinski definition) is 0. The van der Waals surface area contributed by atoms with Crippen LogP contribution in [0, 0.1) is 11.8 Å². The summed E-state index contributed by atoms with van der Waals surface area (Å²) in [5.74, 6) is 3.13. The number of fused-ring (bicyclic) bond motifs is 4. The number of hydrogen-bond acceptors (Lipinski definition) is 10. The first-order chi connectivity index (χ1) is 37.5. The lowest BCUT2D eigenvalue weighted by Crippen LogP contribution is -2.15. The lowest BCUT2D eigenvalue weighted by atomic mass is 9.95. The number of aryl methyl sites for hydroxylation is 2. The van der Waals surface area contributed by atoms with Gasteiger partial charge in [0.2, 0.25) is 0 Å². The highest BCUT2D eigenvalue weighted by atomic mass is 32.1. The van der Waals surface area contributed by atoms with Crippen molar-refractivity contribution in [1.29, 1.82) is 0 Å². The van der Waals surface area contributed by atoms with Gasteiger partial charge in [-0.3, -0.25) is 0 Å². The molecule has 2 atom stereocenters. The van der Waals surface area contributed by atoms with Gasteiger partial charge in [0.05, 0.1) is 32.4 Å². The molecule has 6 aromatic heterocycles. The SMILES string of the molecule is CCCCCCCCC(CCCCCC)COc1c(OCC(CCCCCC)CCCCCCCC)c2cc(-c3sc(-c4nc5sc(-c6cc(CCCCCC)cs6)nc5s4)cc3CCCCCC)sc2c2sccc12. The number of unbranched alkanes of at least 4 members (excludes halogenated alkanes) is 22. The fourth-order valence-electron chi connectivity index (χ4n) is 11.1. The molecule has 76 heavy (non-hydrogen) atoms. The Morgan fingerprint density at radius 2 is 0.895 bits per heavy atom. The van der Waals surface area contributed by atoms with Crippen molar-refractivity contribution in [2.24, 2.45) is 11.8 Å². The van der Waals surface area contributed by atoms with E-state index in [1.807, 2.05) is 45.3 Å². The van der Waals surface area contributed by atoms with E-state index < -0.39 is 0 Å².